The summed E-state index contributed by atoms with van der Waals surface area (Å²) in [5.41, 5.74) is 5.42. The van der Waals surface area contributed by atoms with Crippen LogP contribution in [0.4, 0.5) is 0 Å². The number of amides is 1. The summed E-state index contributed by atoms with van der Waals surface area (Å²) in [6.45, 7) is 5.83. The Morgan fingerprint density at radius 2 is 2.29 bits per heavy atom. The molecule has 0 radical (unpaired) electrons. The highest BCUT2D eigenvalue weighted by Crippen LogP contribution is 2.47. The number of hydrogen-bond donors (Lipinski definition) is 2. The van der Waals surface area contributed by atoms with Gasteiger partial charge in [-0.2, -0.15) is 0 Å². The number of nitrogens with one attached hydrogen (secondary N) is 1. The van der Waals surface area contributed by atoms with E-state index in [0.29, 0.717) is 18.1 Å². The van der Waals surface area contributed by atoms with Crippen LogP contribution in [0.5, 0.6) is 0 Å². The van der Waals surface area contributed by atoms with Gasteiger partial charge in [-0.3, -0.25) is 4.79 Å². The molecule has 0 aromatic carbocycles. The van der Waals surface area contributed by atoms with Crippen LogP contribution in [0.15, 0.2) is 0 Å². The van der Waals surface area contributed by atoms with Gasteiger partial charge in [0.1, 0.15) is 6.61 Å². The maximum atomic E-state index is 10.3. The fraction of sp³-hybridized carbons (Fsp3) is 0.900. The van der Waals surface area contributed by atoms with Gasteiger partial charge in [0, 0.05) is 12.6 Å². The molecule has 0 aliphatic heterocycles. The lowest BCUT2D eigenvalue weighted by Gasteiger charge is -2.20. The summed E-state index contributed by atoms with van der Waals surface area (Å²) in [4.78, 5) is 10.3. The zero-order valence-electron chi connectivity index (χ0n) is 9.01. The summed E-state index contributed by atoms with van der Waals surface area (Å²) in [5.74, 6) is -0.410. The van der Waals surface area contributed by atoms with Crippen LogP contribution >= 0.6 is 0 Å². The van der Waals surface area contributed by atoms with Crippen molar-refractivity contribution in [1.29, 1.82) is 0 Å². The molecule has 1 atom stereocenters. The van der Waals surface area contributed by atoms with E-state index in [1.807, 2.05) is 0 Å². The van der Waals surface area contributed by atoms with Crippen LogP contribution in [0.25, 0.3) is 0 Å². The Labute approximate surface area is 85.2 Å². The maximum Gasteiger partial charge on any atom is 0.243 e. The van der Waals surface area contributed by atoms with Crippen LogP contribution < -0.4 is 11.1 Å². The monoisotopic (exact) mass is 200 g/mol. The third-order valence-corrected chi connectivity index (χ3v) is 3.03. The van der Waals surface area contributed by atoms with Crippen molar-refractivity contribution >= 4 is 5.91 Å². The molecule has 0 heterocycles. The molecule has 4 heteroatoms. The highest BCUT2D eigenvalue weighted by Gasteiger charge is 2.41. The first-order valence-corrected chi connectivity index (χ1v) is 5.14. The number of rotatable bonds is 7. The van der Waals surface area contributed by atoms with Crippen molar-refractivity contribution < 1.29 is 9.53 Å². The van der Waals surface area contributed by atoms with Crippen molar-refractivity contribution in [3.8, 4) is 0 Å². The lowest BCUT2D eigenvalue weighted by atomic mass is 10.0. The second-order valence-corrected chi connectivity index (χ2v) is 4.35. The minimum Gasteiger partial charge on any atom is -0.370 e. The van der Waals surface area contributed by atoms with Crippen LogP contribution in [0, 0.1) is 5.41 Å². The van der Waals surface area contributed by atoms with Gasteiger partial charge < -0.3 is 15.8 Å². The molecule has 0 bridgehead atoms. The van der Waals surface area contributed by atoms with E-state index in [1.54, 1.807) is 0 Å². The number of carbonyl (C=O) groups is 1. The van der Waals surface area contributed by atoms with E-state index < -0.39 is 5.91 Å². The predicted octanol–water partition coefficient (Wildman–Crippen LogP) is 0.267. The van der Waals surface area contributed by atoms with Gasteiger partial charge in [-0.05, 0) is 25.2 Å². The van der Waals surface area contributed by atoms with Gasteiger partial charge in [-0.15, -0.1) is 0 Å². The Bertz CT molecular complexity index is 202. The molecular weight excluding hydrogens is 180 g/mol. The van der Waals surface area contributed by atoms with Crippen molar-refractivity contribution in [2.45, 2.75) is 32.7 Å². The summed E-state index contributed by atoms with van der Waals surface area (Å²) in [6, 6.07) is 0.527. The smallest absolute Gasteiger partial charge is 0.243 e. The SMILES string of the molecule is CC(NCCOCC(N)=O)C1(C)CC1. The highest BCUT2D eigenvalue weighted by molar-refractivity contribution is 5.74. The number of hydrogen-bond acceptors (Lipinski definition) is 3. The minimum absolute atomic E-state index is 0.0212. The lowest BCUT2D eigenvalue weighted by molar-refractivity contribution is -0.122. The standard InChI is InChI=1S/C10H20N2O2/c1-8(10(2)3-4-10)12-5-6-14-7-9(11)13/h8,12H,3-7H2,1-2H3,(H2,11,13). The second-order valence-electron chi connectivity index (χ2n) is 4.35. The third kappa shape index (κ3) is 3.64. The molecule has 14 heavy (non-hydrogen) atoms. The fourth-order valence-electron chi connectivity index (χ4n) is 1.40. The topological polar surface area (TPSA) is 64.3 Å². The van der Waals surface area contributed by atoms with E-state index in [2.05, 4.69) is 19.2 Å². The summed E-state index contributed by atoms with van der Waals surface area (Å²) < 4.78 is 5.04. The van der Waals surface area contributed by atoms with Gasteiger partial charge >= 0.3 is 0 Å². The van der Waals surface area contributed by atoms with Crippen LogP contribution in [0.3, 0.4) is 0 Å². The molecule has 1 fully saturated rings. The van der Waals surface area contributed by atoms with Crippen LogP contribution in [0.1, 0.15) is 26.7 Å². The molecule has 1 aliphatic carbocycles. The molecule has 0 aromatic rings. The average molecular weight is 200 g/mol. The van der Waals surface area contributed by atoms with E-state index in [1.165, 1.54) is 12.8 Å². The highest BCUT2D eigenvalue weighted by atomic mass is 16.5. The van der Waals surface area contributed by atoms with Crippen molar-refractivity contribution in [2.24, 2.45) is 11.1 Å². The Morgan fingerprint density at radius 3 is 2.79 bits per heavy atom. The zero-order chi connectivity index (χ0) is 10.6. The molecule has 82 valence electrons. The predicted molar refractivity (Wildman–Crippen MR) is 54.8 cm³/mol. The maximum absolute atomic E-state index is 10.3. The quantitative estimate of drug-likeness (QED) is 0.580. The van der Waals surface area contributed by atoms with Crippen molar-refractivity contribution in [2.75, 3.05) is 19.8 Å². The Balaban J connectivity index is 1.96. The average Bonchev–Trinajstić information content (AvgIpc) is 2.83. The normalized spacial score (nSPS) is 20.4. The van der Waals surface area contributed by atoms with E-state index >= 15 is 0 Å². The lowest BCUT2D eigenvalue weighted by Crippen LogP contribution is -2.36. The fourth-order valence-corrected chi connectivity index (χ4v) is 1.40. The first kappa shape index (κ1) is 11.5. The molecule has 1 unspecified atom stereocenters. The molecule has 1 amide bonds. The molecule has 3 N–H and O–H groups in total. The van der Waals surface area contributed by atoms with E-state index in [-0.39, 0.29) is 6.61 Å². The number of primary amides is 1. The Kier molecular flexibility index (Phi) is 3.89. The van der Waals surface area contributed by atoms with Gasteiger partial charge in [0.2, 0.25) is 5.91 Å². The Morgan fingerprint density at radius 1 is 1.64 bits per heavy atom. The van der Waals surface area contributed by atoms with Crippen LogP contribution in [-0.2, 0) is 9.53 Å². The van der Waals surface area contributed by atoms with Gasteiger partial charge in [0.15, 0.2) is 0 Å². The molecule has 4 nitrogen and oxygen atoms in total. The molecule has 0 spiro atoms. The zero-order valence-corrected chi connectivity index (χ0v) is 9.01. The first-order chi connectivity index (χ1) is 6.54. The first-order valence-electron chi connectivity index (χ1n) is 5.14. The summed E-state index contributed by atoms with van der Waals surface area (Å²) >= 11 is 0. The molecular formula is C10H20N2O2. The largest absolute Gasteiger partial charge is 0.370 e. The second kappa shape index (κ2) is 4.75. The van der Waals surface area contributed by atoms with Gasteiger partial charge in [0.05, 0.1) is 6.61 Å². The van der Waals surface area contributed by atoms with E-state index in [4.69, 9.17) is 10.5 Å². The van der Waals surface area contributed by atoms with Crippen molar-refractivity contribution in [1.82, 2.24) is 5.32 Å². The summed E-state index contributed by atoms with van der Waals surface area (Å²) in [6.07, 6.45) is 2.62. The van der Waals surface area contributed by atoms with Gasteiger partial charge in [0.25, 0.3) is 0 Å². The summed E-state index contributed by atoms with van der Waals surface area (Å²) in [5, 5.41) is 3.38. The number of nitrogens with two attached hydrogens (primary N) is 1. The number of ether oxygens (including phenoxy) is 1. The molecule has 0 aromatic heterocycles. The van der Waals surface area contributed by atoms with Gasteiger partial charge in [-0.1, -0.05) is 6.92 Å². The van der Waals surface area contributed by atoms with E-state index in [9.17, 15) is 4.79 Å². The minimum atomic E-state index is -0.410. The van der Waals surface area contributed by atoms with Gasteiger partial charge in [-0.25, -0.2) is 0 Å². The Hall–Kier alpha value is -0.610. The van der Waals surface area contributed by atoms with Crippen molar-refractivity contribution in [3.05, 3.63) is 0 Å². The molecule has 1 rings (SSSR count). The molecule has 1 aliphatic rings. The summed E-state index contributed by atoms with van der Waals surface area (Å²) in [7, 11) is 0. The third-order valence-electron chi connectivity index (χ3n) is 3.03. The molecule has 1 saturated carbocycles. The molecule has 0 saturated heterocycles. The van der Waals surface area contributed by atoms with Crippen LogP contribution in [0.2, 0.25) is 0 Å². The van der Waals surface area contributed by atoms with Crippen LogP contribution in [-0.4, -0.2) is 31.7 Å². The number of carbonyl (C=O) groups excluding carboxylic acids is 1. The van der Waals surface area contributed by atoms with Crippen molar-refractivity contribution in [3.63, 3.8) is 0 Å². The van der Waals surface area contributed by atoms with E-state index in [0.717, 1.165) is 6.54 Å².